The van der Waals surface area contributed by atoms with Crippen LogP contribution in [0.4, 0.5) is 15.8 Å². The van der Waals surface area contributed by atoms with E-state index in [0.29, 0.717) is 23.5 Å². The summed E-state index contributed by atoms with van der Waals surface area (Å²) >= 11 is 0. The van der Waals surface area contributed by atoms with Crippen LogP contribution in [0, 0.1) is 11.7 Å². The highest BCUT2D eigenvalue weighted by atomic mass is 19.1. The van der Waals surface area contributed by atoms with Crippen LogP contribution in [0.5, 0.6) is 0 Å². The summed E-state index contributed by atoms with van der Waals surface area (Å²) in [5.41, 5.74) is 1.33. The Hall–Kier alpha value is -3.22. The van der Waals surface area contributed by atoms with Gasteiger partial charge in [0.15, 0.2) is 0 Å². The zero-order chi connectivity index (χ0) is 19.4. The van der Waals surface area contributed by atoms with Crippen molar-refractivity contribution in [2.24, 2.45) is 5.92 Å². The molecule has 1 aliphatic heterocycles. The fourth-order valence-electron chi connectivity index (χ4n) is 3.03. The molecule has 1 fully saturated rings. The Kier molecular flexibility index (Phi) is 5.49. The van der Waals surface area contributed by atoms with E-state index in [9.17, 15) is 18.8 Å². The molecule has 0 radical (unpaired) electrons. The van der Waals surface area contributed by atoms with Gasteiger partial charge in [-0.1, -0.05) is 12.1 Å². The summed E-state index contributed by atoms with van der Waals surface area (Å²) in [5.74, 6) is -1.74. The molecule has 1 aliphatic rings. The molecule has 3 amide bonds. The molecular weight excluding hydrogens is 349 g/mol. The number of carbonyl (C=O) groups is 3. The minimum absolute atomic E-state index is 0.0620. The third kappa shape index (κ3) is 4.13. The Balaban J connectivity index is 1.72. The van der Waals surface area contributed by atoms with Crippen molar-refractivity contribution in [3.05, 3.63) is 59.9 Å². The van der Waals surface area contributed by atoms with Gasteiger partial charge in [-0.3, -0.25) is 14.4 Å². The number of halogens is 1. The number of hydrogen-bond acceptors (Lipinski definition) is 3. The van der Waals surface area contributed by atoms with Crippen molar-refractivity contribution in [2.75, 3.05) is 23.3 Å². The summed E-state index contributed by atoms with van der Waals surface area (Å²) in [5, 5.41) is 5.46. The molecule has 0 aliphatic carbocycles. The fraction of sp³-hybridized carbons (Fsp3) is 0.250. The van der Waals surface area contributed by atoms with Gasteiger partial charge in [-0.15, -0.1) is 0 Å². The Morgan fingerprint density at radius 2 is 1.85 bits per heavy atom. The van der Waals surface area contributed by atoms with Gasteiger partial charge in [-0.25, -0.2) is 4.39 Å². The van der Waals surface area contributed by atoms with Crippen LogP contribution >= 0.6 is 0 Å². The predicted molar refractivity (Wildman–Crippen MR) is 99.9 cm³/mol. The molecule has 0 aromatic heterocycles. The quantitative estimate of drug-likeness (QED) is 0.850. The molecule has 0 bridgehead atoms. The van der Waals surface area contributed by atoms with Gasteiger partial charge in [0.2, 0.25) is 11.8 Å². The summed E-state index contributed by atoms with van der Waals surface area (Å²) in [4.78, 5) is 38.5. The van der Waals surface area contributed by atoms with Gasteiger partial charge in [0.05, 0.1) is 17.2 Å². The second-order valence-electron chi connectivity index (χ2n) is 6.28. The average molecular weight is 369 g/mol. The molecule has 2 aromatic carbocycles. The molecule has 6 nitrogen and oxygen atoms in total. The molecule has 2 N–H and O–H groups in total. The Bertz CT molecular complexity index is 867. The monoisotopic (exact) mass is 369 g/mol. The number of rotatable bonds is 5. The highest BCUT2D eigenvalue weighted by Crippen LogP contribution is 2.26. The minimum atomic E-state index is -0.551. The minimum Gasteiger partial charge on any atom is -0.352 e. The SMILES string of the molecule is CCNC(=O)c1ccccc1NC(=O)[C@H]1CC(=O)N(c2ccc(F)cc2)C1. The zero-order valence-corrected chi connectivity index (χ0v) is 14.9. The maximum absolute atomic E-state index is 13.1. The first-order chi connectivity index (χ1) is 13.0. The molecule has 7 heteroatoms. The highest BCUT2D eigenvalue weighted by Gasteiger charge is 2.35. The van der Waals surface area contributed by atoms with Gasteiger partial charge in [0.25, 0.3) is 5.91 Å². The van der Waals surface area contributed by atoms with Crippen molar-refractivity contribution in [1.82, 2.24) is 5.32 Å². The number of benzene rings is 2. The summed E-state index contributed by atoms with van der Waals surface area (Å²) in [6, 6.07) is 12.3. The van der Waals surface area contributed by atoms with E-state index in [4.69, 9.17) is 0 Å². The van der Waals surface area contributed by atoms with E-state index in [1.165, 1.54) is 29.2 Å². The molecule has 1 heterocycles. The zero-order valence-electron chi connectivity index (χ0n) is 14.9. The third-order valence-corrected chi connectivity index (χ3v) is 4.40. The van der Waals surface area contributed by atoms with E-state index < -0.39 is 5.92 Å². The number of para-hydroxylation sites is 1. The molecular formula is C20H20FN3O3. The highest BCUT2D eigenvalue weighted by molar-refractivity contribution is 6.07. The lowest BCUT2D eigenvalue weighted by atomic mass is 10.1. The van der Waals surface area contributed by atoms with Crippen molar-refractivity contribution in [2.45, 2.75) is 13.3 Å². The average Bonchev–Trinajstić information content (AvgIpc) is 3.05. The van der Waals surface area contributed by atoms with Crippen molar-refractivity contribution in [3.8, 4) is 0 Å². The van der Waals surface area contributed by atoms with Crippen LogP contribution in [0.2, 0.25) is 0 Å². The summed E-state index contributed by atoms with van der Waals surface area (Å²) in [6.07, 6.45) is 0.0620. The topological polar surface area (TPSA) is 78.5 Å². The van der Waals surface area contributed by atoms with Crippen molar-refractivity contribution < 1.29 is 18.8 Å². The van der Waals surface area contributed by atoms with Crippen LogP contribution in [-0.2, 0) is 9.59 Å². The van der Waals surface area contributed by atoms with E-state index in [-0.39, 0.29) is 36.5 Å². The summed E-state index contributed by atoms with van der Waals surface area (Å²) in [7, 11) is 0. The first-order valence-corrected chi connectivity index (χ1v) is 8.73. The van der Waals surface area contributed by atoms with Gasteiger partial charge in [-0.05, 0) is 43.3 Å². The standard InChI is InChI=1S/C20H20FN3O3/c1-2-22-20(27)16-5-3-4-6-17(16)23-19(26)13-11-18(25)24(12-13)15-9-7-14(21)8-10-15/h3-10,13H,2,11-12H2,1H3,(H,22,27)(H,23,26)/t13-/m0/s1. The van der Waals surface area contributed by atoms with E-state index in [2.05, 4.69) is 10.6 Å². The molecule has 0 saturated carbocycles. The Morgan fingerprint density at radius 3 is 2.56 bits per heavy atom. The maximum Gasteiger partial charge on any atom is 0.253 e. The van der Waals surface area contributed by atoms with E-state index in [1.54, 1.807) is 24.3 Å². The van der Waals surface area contributed by atoms with Crippen molar-refractivity contribution >= 4 is 29.1 Å². The molecule has 140 valence electrons. The lowest BCUT2D eigenvalue weighted by Crippen LogP contribution is -2.29. The van der Waals surface area contributed by atoms with E-state index >= 15 is 0 Å². The van der Waals surface area contributed by atoms with Crippen LogP contribution in [-0.4, -0.2) is 30.8 Å². The van der Waals surface area contributed by atoms with Crippen LogP contribution in [0.1, 0.15) is 23.7 Å². The number of carbonyl (C=O) groups excluding carboxylic acids is 3. The lowest BCUT2D eigenvalue weighted by molar-refractivity contribution is -0.122. The Labute approximate surface area is 156 Å². The third-order valence-electron chi connectivity index (χ3n) is 4.40. The number of anilines is 2. The number of hydrogen-bond donors (Lipinski definition) is 2. The second kappa shape index (κ2) is 7.99. The molecule has 1 saturated heterocycles. The van der Waals surface area contributed by atoms with E-state index in [1.807, 2.05) is 6.92 Å². The fourth-order valence-corrected chi connectivity index (χ4v) is 3.03. The van der Waals surface area contributed by atoms with E-state index in [0.717, 1.165) is 0 Å². The lowest BCUT2D eigenvalue weighted by Gasteiger charge is -2.17. The van der Waals surface area contributed by atoms with Crippen LogP contribution < -0.4 is 15.5 Å². The van der Waals surface area contributed by atoms with Gasteiger partial charge >= 0.3 is 0 Å². The van der Waals surface area contributed by atoms with Crippen LogP contribution in [0.3, 0.4) is 0 Å². The molecule has 0 unspecified atom stereocenters. The van der Waals surface area contributed by atoms with Crippen LogP contribution in [0.25, 0.3) is 0 Å². The predicted octanol–water partition coefficient (Wildman–Crippen LogP) is 2.57. The van der Waals surface area contributed by atoms with Crippen molar-refractivity contribution in [1.29, 1.82) is 0 Å². The van der Waals surface area contributed by atoms with Crippen LogP contribution in [0.15, 0.2) is 48.5 Å². The second-order valence-corrected chi connectivity index (χ2v) is 6.28. The van der Waals surface area contributed by atoms with Gasteiger partial charge in [0, 0.05) is 25.2 Å². The first kappa shape index (κ1) is 18.6. The first-order valence-electron chi connectivity index (χ1n) is 8.73. The maximum atomic E-state index is 13.1. The van der Waals surface area contributed by atoms with Gasteiger partial charge in [-0.2, -0.15) is 0 Å². The van der Waals surface area contributed by atoms with Gasteiger partial charge in [0.1, 0.15) is 5.82 Å². The number of amides is 3. The number of nitrogens with one attached hydrogen (secondary N) is 2. The molecule has 1 atom stereocenters. The molecule has 0 spiro atoms. The van der Waals surface area contributed by atoms with Crippen molar-refractivity contribution in [3.63, 3.8) is 0 Å². The normalized spacial score (nSPS) is 16.3. The van der Waals surface area contributed by atoms with Gasteiger partial charge < -0.3 is 15.5 Å². The summed E-state index contributed by atoms with van der Waals surface area (Å²) in [6.45, 7) is 2.50. The largest absolute Gasteiger partial charge is 0.352 e. The molecule has 3 rings (SSSR count). The molecule has 27 heavy (non-hydrogen) atoms. The molecule has 2 aromatic rings. The summed E-state index contributed by atoms with van der Waals surface area (Å²) < 4.78 is 13.1. The smallest absolute Gasteiger partial charge is 0.253 e. The Morgan fingerprint density at radius 1 is 1.15 bits per heavy atom. The number of nitrogens with zero attached hydrogens (tertiary/aromatic N) is 1.